The first-order valence-corrected chi connectivity index (χ1v) is 10.8. The fourth-order valence-corrected chi connectivity index (χ4v) is 3.74. The van der Waals surface area contributed by atoms with Crippen molar-refractivity contribution >= 4 is 21.8 Å². The third-order valence-electron chi connectivity index (χ3n) is 3.77. The average Bonchev–Trinajstić information content (AvgIpc) is 2.72. The van der Waals surface area contributed by atoms with E-state index in [1.165, 1.54) is 0 Å². The summed E-state index contributed by atoms with van der Waals surface area (Å²) in [4.78, 5) is 10.2. The molecule has 0 amide bonds. The van der Waals surface area contributed by atoms with Gasteiger partial charge in [-0.15, -0.1) is 0 Å². The molecule has 0 aliphatic carbocycles. The summed E-state index contributed by atoms with van der Waals surface area (Å²) in [5, 5.41) is 0. The zero-order chi connectivity index (χ0) is 19.2. The number of rotatable bonds is 7. The zero-order valence-electron chi connectivity index (χ0n) is 14.9. The third-order valence-corrected chi connectivity index (χ3v) is 5.81. The van der Waals surface area contributed by atoms with E-state index in [1.807, 2.05) is 24.3 Å². The van der Waals surface area contributed by atoms with Crippen LogP contribution in [0.2, 0.25) is 0 Å². The first-order chi connectivity index (χ1) is 13.1. The van der Waals surface area contributed by atoms with Crippen molar-refractivity contribution in [2.24, 2.45) is 0 Å². The Morgan fingerprint density at radius 1 is 1.00 bits per heavy atom. The Bertz CT molecular complexity index is 964. The van der Waals surface area contributed by atoms with Crippen LogP contribution in [0.3, 0.4) is 0 Å². The molecule has 0 saturated heterocycles. The lowest BCUT2D eigenvalue weighted by atomic mass is 10.2. The van der Waals surface area contributed by atoms with Gasteiger partial charge in [-0.3, -0.25) is 9.19 Å². The Morgan fingerprint density at radius 3 is 2.37 bits per heavy atom. The van der Waals surface area contributed by atoms with Crippen molar-refractivity contribution in [1.82, 2.24) is 14.7 Å². The minimum Gasteiger partial charge on any atom is -0.497 e. The van der Waals surface area contributed by atoms with E-state index in [2.05, 4.69) is 14.7 Å². The highest BCUT2D eigenvalue weighted by Gasteiger charge is 2.09. The highest BCUT2D eigenvalue weighted by atomic mass is 32.2. The molecule has 3 rings (SSSR count). The van der Waals surface area contributed by atoms with Crippen LogP contribution >= 0.6 is 0 Å². The van der Waals surface area contributed by atoms with E-state index in [9.17, 15) is 8.42 Å². The number of nitrogens with one attached hydrogen (secondary N) is 1. The van der Waals surface area contributed by atoms with Crippen molar-refractivity contribution in [1.29, 1.82) is 0 Å². The number of benzene rings is 1. The van der Waals surface area contributed by atoms with E-state index in [-0.39, 0.29) is 0 Å². The van der Waals surface area contributed by atoms with Gasteiger partial charge in [0.05, 0.1) is 35.6 Å². The molecule has 2 atom stereocenters. The lowest BCUT2D eigenvalue weighted by Gasteiger charge is -2.09. The van der Waals surface area contributed by atoms with Gasteiger partial charge in [0, 0.05) is 40.3 Å². The largest absolute Gasteiger partial charge is 0.497 e. The molecule has 2 aromatic heterocycles. The molecule has 8 heteroatoms. The van der Waals surface area contributed by atoms with E-state index in [0.717, 1.165) is 5.69 Å². The molecule has 3 aromatic rings. The SMILES string of the molecule is COc1cc(CNS(=O)c2ccc(S(C)=O)cc2)nc(-c2ccccn2)c1. The van der Waals surface area contributed by atoms with Crippen LogP contribution < -0.4 is 9.46 Å². The van der Waals surface area contributed by atoms with E-state index < -0.39 is 21.8 Å². The second-order valence-electron chi connectivity index (χ2n) is 5.61. The summed E-state index contributed by atoms with van der Waals surface area (Å²) in [6.07, 6.45) is 3.31. The fourth-order valence-electron chi connectivity index (χ4n) is 2.39. The van der Waals surface area contributed by atoms with Gasteiger partial charge in [-0.05, 0) is 36.4 Å². The topological polar surface area (TPSA) is 81.2 Å². The maximum atomic E-state index is 12.5. The van der Waals surface area contributed by atoms with Crippen LogP contribution in [0, 0.1) is 0 Å². The Hall–Kier alpha value is -2.42. The van der Waals surface area contributed by atoms with Crippen LogP contribution in [0.15, 0.2) is 70.6 Å². The maximum absolute atomic E-state index is 12.5. The molecule has 1 aromatic carbocycles. The summed E-state index contributed by atoms with van der Waals surface area (Å²) < 4.78 is 32.2. The predicted molar refractivity (Wildman–Crippen MR) is 106 cm³/mol. The van der Waals surface area contributed by atoms with E-state index in [4.69, 9.17) is 4.74 Å². The molecule has 1 N–H and O–H groups in total. The summed E-state index contributed by atoms with van der Waals surface area (Å²) in [5.74, 6) is 0.656. The monoisotopic (exact) mass is 401 g/mol. The van der Waals surface area contributed by atoms with Gasteiger partial charge in [0.1, 0.15) is 16.7 Å². The van der Waals surface area contributed by atoms with Crippen molar-refractivity contribution in [2.45, 2.75) is 16.3 Å². The summed E-state index contributed by atoms with van der Waals surface area (Å²) in [6, 6.07) is 16.1. The maximum Gasteiger partial charge on any atom is 0.125 e. The molecule has 2 heterocycles. The standard InChI is InChI=1S/C19H19N3O3S2/c1-25-15-11-14(22-19(12-15)18-5-3-4-10-20-18)13-21-27(24)17-8-6-16(7-9-17)26(2)23/h3-12,21H,13H2,1-2H3. The minimum atomic E-state index is -1.41. The smallest absolute Gasteiger partial charge is 0.125 e. The molecule has 0 radical (unpaired) electrons. The normalized spacial score (nSPS) is 13.1. The van der Waals surface area contributed by atoms with Crippen LogP contribution in [-0.2, 0) is 28.3 Å². The van der Waals surface area contributed by atoms with Crippen LogP contribution in [0.25, 0.3) is 11.4 Å². The number of hydrogen-bond donors (Lipinski definition) is 1. The second-order valence-corrected chi connectivity index (χ2v) is 8.29. The van der Waals surface area contributed by atoms with Gasteiger partial charge in [0.25, 0.3) is 0 Å². The Kier molecular flexibility index (Phi) is 6.44. The number of nitrogens with zero attached hydrogens (tertiary/aromatic N) is 2. The molecule has 0 aliphatic rings. The van der Waals surface area contributed by atoms with E-state index >= 15 is 0 Å². The number of pyridine rings is 2. The van der Waals surface area contributed by atoms with Gasteiger partial charge in [-0.2, -0.15) is 0 Å². The van der Waals surface area contributed by atoms with Gasteiger partial charge >= 0.3 is 0 Å². The van der Waals surface area contributed by atoms with E-state index in [1.54, 1.807) is 49.9 Å². The number of hydrogen-bond acceptors (Lipinski definition) is 5. The summed E-state index contributed by atoms with van der Waals surface area (Å²) in [5.41, 5.74) is 2.11. The fraction of sp³-hybridized carbons (Fsp3) is 0.158. The minimum absolute atomic E-state index is 0.297. The number of methoxy groups -OCH3 is 1. The molecular weight excluding hydrogens is 382 g/mol. The van der Waals surface area contributed by atoms with Gasteiger partial charge < -0.3 is 4.74 Å². The molecule has 6 nitrogen and oxygen atoms in total. The van der Waals surface area contributed by atoms with Crippen LogP contribution in [-0.4, -0.2) is 31.8 Å². The highest BCUT2D eigenvalue weighted by Crippen LogP contribution is 2.21. The first-order valence-electron chi connectivity index (χ1n) is 8.12. The molecule has 0 saturated carbocycles. The van der Waals surface area contributed by atoms with Crippen molar-refractivity contribution < 1.29 is 13.2 Å². The molecule has 2 unspecified atom stereocenters. The molecule has 27 heavy (non-hydrogen) atoms. The Labute approximate surface area is 163 Å². The van der Waals surface area contributed by atoms with Crippen molar-refractivity contribution in [3.63, 3.8) is 0 Å². The highest BCUT2D eigenvalue weighted by molar-refractivity contribution is 7.84. The van der Waals surface area contributed by atoms with Crippen molar-refractivity contribution in [3.05, 3.63) is 66.5 Å². The lowest BCUT2D eigenvalue weighted by Crippen LogP contribution is -2.17. The second kappa shape index (κ2) is 8.98. The molecular formula is C19H19N3O3S2. The lowest BCUT2D eigenvalue weighted by molar-refractivity contribution is 0.413. The summed E-state index contributed by atoms with van der Waals surface area (Å²) in [7, 11) is -0.879. The van der Waals surface area contributed by atoms with Gasteiger partial charge in [0.15, 0.2) is 0 Å². The van der Waals surface area contributed by atoms with Gasteiger partial charge in [0.2, 0.25) is 0 Å². The van der Waals surface area contributed by atoms with Crippen molar-refractivity contribution in [3.8, 4) is 17.1 Å². The third kappa shape index (κ3) is 5.06. The predicted octanol–water partition coefficient (Wildman–Crippen LogP) is 2.70. The molecule has 0 aliphatic heterocycles. The summed E-state index contributed by atoms with van der Waals surface area (Å²) >= 11 is 0. The Balaban J connectivity index is 1.75. The van der Waals surface area contributed by atoms with E-state index in [0.29, 0.717) is 33.5 Å². The molecule has 0 bridgehead atoms. The van der Waals surface area contributed by atoms with Gasteiger partial charge in [-0.1, -0.05) is 6.07 Å². The molecule has 140 valence electrons. The van der Waals surface area contributed by atoms with Crippen molar-refractivity contribution in [2.75, 3.05) is 13.4 Å². The van der Waals surface area contributed by atoms with Crippen LogP contribution in [0.5, 0.6) is 5.75 Å². The van der Waals surface area contributed by atoms with Crippen LogP contribution in [0.4, 0.5) is 0 Å². The quantitative estimate of drug-likeness (QED) is 0.658. The molecule has 0 spiro atoms. The molecule has 0 fully saturated rings. The first kappa shape index (κ1) is 19.3. The zero-order valence-corrected chi connectivity index (χ0v) is 16.5. The van der Waals surface area contributed by atoms with Crippen LogP contribution in [0.1, 0.15) is 5.69 Å². The Morgan fingerprint density at radius 2 is 1.74 bits per heavy atom. The number of ether oxygens (including phenoxy) is 1. The number of aromatic nitrogens is 2. The average molecular weight is 402 g/mol. The van der Waals surface area contributed by atoms with Gasteiger partial charge in [-0.25, -0.2) is 13.9 Å². The summed E-state index contributed by atoms with van der Waals surface area (Å²) in [6.45, 7) is 0.297.